The van der Waals surface area contributed by atoms with Gasteiger partial charge in [0, 0.05) is 6.54 Å². The minimum atomic E-state index is -0.848. The zero-order valence-electron chi connectivity index (χ0n) is 19.3. The van der Waals surface area contributed by atoms with Gasteiger partial charge in [-0.3, -0.25) is 14.4 Å². The zero-order valence-corrected chi connectivity index (χ0v) is 19.3. The minimum Gasteiger partial charge on any atom is -0.444 e. The highest BCUT2D eigenvalue weighted by molar-refractivity contribution is 5.94. The van der Waals surface area contributed by atoms with Gasteiger partial charge in [0.05, 0.1) is 0 Å². The van der Waals surface area contributed by atoms with Crippen LogP contribution in [0, 0.1) is 11.8 Å². The van der Waals surface area contributed by atoms with Gasteiger partial charge in [-0.25, -0.2) is 4.79 Å². The Labute approximate surface area is 179 Å². The molecule has 4 amide bonds. The summed E-state index contributed by atoms with van der Waals surface area (Å²) in [6.45, 7) is 13.1. The van der Waals surface area contributed by atoms with Crippen molar-refractivity contribution >= 4 is 23.8 Å². The fourth-order valence-corrected chi connectivity index (χ4v) is 3.43. The van der Waals surface area contributed by atoms with Crippen molar-refractivity contribution in [2.75, 3.05) is 6.54 Å². The first-order valence-corrected chi connectivity index (χ1v) is 10.6. The van der Waals surface area contributed by atoms with Gasteiger partial charge in [0.25, 0.3) is 0 Å². The first-order chi connectivity index (χ1) is 13.7. The topological polar surface area (TPSA) is 131 Å². The van der Waals surface area contributed by atoms with E-state index in [0.29, 0.717) is 25.8 Å². The maximum Gasteiger partial charge on any atom is 0.408 e. The van der Waals surface area contributed by atoms with Crippen molar-refractivity contribution in [3.05, 3.63) is 0 Å². The van der Waals surface area contributed by atoms with Crippen LogP contribution in [0.2, 0.25) is 0 Å². The summed E-state index contributed by atoms with van der Waals surface area (Å²) in [5, 5.41) is 5.39. The number of nitrogens with zero attached hydrogens (tertiary/aromatic N) is 1. The number of hydrogen-bond donors (Lipinski definition) is 3. The van der Waals surface area contributed by atoms with Gasteiger partial charge in [0.1, 0.15) is 23.7 Å². The molecule has 0 aromatic rings. The van der Waals surface area contributed by atoms with Crippen molar-refractivity contribution in [1.82, 2.24) is 15.5 Å². The summed E-state index contributed by atoms with van der Waals surface area (Å²) in [7, 11) is 0. The Kier molecular flexibility index (Phi) is 9.11. The zero-order chi connectivity index (χ0) is 23.2. The Morgan fingerprint density at radius 1 is 1.10 bits per heavy atom. The molecule has 0 spiro atoms. The lowest BCUT2D eigenvalue weighted by molar-refractivity contribution is -0.142. The van der Waals surface area contributed by atoms with E-state index < -0.39 is 41.6 Å². The lowest BCUT2D eigenvalue weighted by atomic mass is 9.99. The number of carbonyl (C=O) groups excluding carboxylic acids is 4. The Hall–Kier alpha value is -2.32. The summed E-state index contributed by atoms with van der Waals surface area (Å²) in [5.41, 5.74) is 4.73. The Balaban J connectivity index is 2.94. The largest absolute Gasteiger partial charge is 0.444 e. The van der Waals surface area contributed by atoms with E-state index in [9.17, 15) is 19.2 Å². The second kappa shape index (κ2) is 10.6. The molecule has 1 heterocycles. The standard InChI is InChI=1S/C21H38N4O5/c1-12(2)11-14(23-20(29)30-21(5,6)7)18(27)24-16(13(3)4)19(28)25-10-8-9-15(25)17(22)26/h12-16H,8-11H2,1-7H3,(H2,22,26)(H,23,29)(H,24,27)/t14-,15-,16+/m0/s1. The molecule has 1 aliphatic heterocycles. The molecule has 172 valence electrons. The van der Waals surface area contributed by atoms with Gasteiger partial charge in [-0.2, -0.15) is 0 Å². The number of primary amides is 1. The molecule has 0 saturated carbocycles. The fraction of sp³-hybridized carbons (Fsp3) is 0.810. The summed E-state index contributed by atoms with van der Waals surface area (Å²) < 4.78 is 5.26. The Bertz CT molecular complexity index is 642. The van der Waals surface area contributed by atoms with Crippen LogP contribution in [0.1, 0.15) is 67.7 Å². The second-order valence-corrected chi connectivity index (χ2v) is 9.65. The number of alkyl carbamates (subject to hydrolysis) is 1. The van der Waals surface area contributed by atoms with Crippen LogP contribution in [-0.4, -0.2) is 59.0 Å². The molecule has 3 atom stereocenters. The van der Waals surface area contributed by atoms with Gasteiger partial charge in [0.2, 0.25) is 17.7 Å². The van der Waals surface area contributed by atoms with Crippen LogP contribution < -0.4 is 16.4 Å². The highest BCUT2D eigenvalue weighted by Gasteiger charge is 2.38. The third kappa shape index (κ3) is 7.84. The number of likely N-dealkylation sites (tertiary alicyclic amines) is 1. The number of nitrogens with one attached hydrogen (secondary N) is 2. The summed E-state index contributed by atoms with van der Waals surface area (Å²) in [6.07, 6.45) is 0.909. The fourth-order valence-electron chi connectivity index (χ4n) is 3.43. The van der Waals surface area contributed by atoms with Crippen LogP contribution in [0.4, 0.5) is 4.79 Å². The van der Waals surface area contributed by atoms with Crippen LogP contribution in [0.5, 0.6) is 0 Å². The van der Waals surface area contributed by atoms with Crippen LogP contribution in [0.3, 0.4) is 0 Å². The van der Waals surface area contributed by atoms with Gasteiger partial charge in [-0.15, -0.1) is 0 Å². The predicted molar refractivity (Wildman–Crippen MR) is 113 cm³/mol. The molecule has 0 bridgehead atoms. The maximum absolute atomic E-state index is 13.1. The number of carbonyl (C=O) groups is 4. The summed E-state index contributed by atoms with van der Waals surface area (Å²) in [4.78, 5) is 51.4. The average molecular weight is 427 g/mol. The van der Waals surface area contributed by atoms with Crippen molar-refractivity contribution in [1.29, 1.82) is 0 Å². The monoisotopic (exact) mass is 426 g/mol. The summed E-state index contributed by atoms with van der Waals surface area (Å²) in [6, 6.07) is -2.33. The highest BCUT2D eigenvalue weighted by Crippen LogP contribution is 2.20. The molecule has 1 fully saturated rings. The van der Waals surface area contributed by atoms with E-state index in [0.717, 1.165) is 0 Å². The van der Waals surface area contributed by atoms with Gasteiger partial charge < -0.3 is 26.0 Å². The quantitative estimate of drug-likeness (QED) is 0.542. The van der Waals surface area contributed by atoms with E-state index in [1.54, 1.807) is 20.8 Å². The van der Waals surface area contributed by atoms with Crippen LogP contribution in [-0.2, 0) is 19.1 Å². The predicted octanol–water partition coefficient (Wildman–Crippen LogP) is 1.54. The number of nitrogens with two attached hydrogens (primary N) is 1. The molecular formula is C21H38N4O5. The van der Waals surface area contributed by atoms with E-state index in [1.807, 2.05) is 27.7 Å². The molecule has 30 heavy (non-hydrogen) atoms. The number of hydrogen-bond acceptors (Lipinski definition) is 5. The number of rotatable bonds is 8. The first kappa shape index (κ1) is 25.7. The van der Waals surface area contributed by atoms with Crippen molar-refractivity contribution in [2.24, 2.45) is 17.6 Å². The van der Waals surface area contributed by atoms with E-state index in [1.165, 1.54) is 4.90 Å². The lowest BCUT2D eigenvalue weighted by Crippen LogP contribution is -2.58. The highest BCUT2D eigenvalue weighted by atomic mass is 16.6. The first-order valence-electron chi connectivity index (χ1n) is 10.6. The van der Waals surface area contributed by atoms with Gasteiger partial charge in [-0.05, 0) is 51.9 Å². The average Bonchev–Trinajstić information content (AvgIpc) is 3.05. The maximum atomic E-state index is 13.1. The second-order valence-electron chi connectivity index (χ2n) is 9.65. The van der Waals surface area contributed by atoms with Crippen LogP contribution >= 0.6 is 0 Å². The van der Waals surface area contributed by atoms with Crippen LogP contribution in [0.15, 0.2) is 0 Å². The van der Waals surface area contributed by atoms with Gasteiger partial charge in [0.15, 0.2) is 0 Å². The normalized spacial score (nSPS) is 18.8. The molecule has 0 radical (unpaired) electrons. The molecule has 1 saturated heterocycles. The van der Waals surface area contributed by atoms with Crippen molar-refractivity contribution in [3.8, 4) is 0 Å². The molecule has 0 unspecified atom stereocenters. The molecule has 1 aliphatic rings. The number of amides is 4. The lowest BCUT2D eigenvalue weighted by Gasteiger charge is -2.31. The van der Waals surface area contributed by atoms with E-state index >= 15 is 0 Å². The van der Waals surface area contributed by atoms with Gasteiger partial charge >= 0.3 is 6.09 Å². The molecule has 9 nitrogen and oxygen atoms in total. The van der Waals surface area contributed by atoms with E-state index in [-0.39, 0.29) is 17.7 Å². The molecule has 1 rings (SSSR count). The molecule has 4 N–H and O–H groups in total. The smallest absolute Gasteiger partial charge is 0.408 e. The van der Waals surface area contributed by atoms with Gasteiger partial charge in [-0.1, -0.05) is 27.7 Å². The third-order valence-electron chi connectivity index (χ3n) is 4.81. The van der Waals surface area contributed by atoms with E-state index in [4.69, 9.17) is 10.5 Å². The third-order valence-corrected chi connectivity index (χ3v) is 4.81. The molecule has 0 aromatic carbocycles. The Morgan fingerprint density at radius 2 is 1.70 bits per heavy atom. The SMILES string of the molecule is CC(C)C[C@H](NC(=O)OC(C)(C)C)C(=O)N[C@@H](C(=O)N1CCC[C@H]1C(N)=O)C(C)C. The number of ether oxygens (including phenoxy) is 1. The minimum absolute atomic E-state index is 0.127. The van der Waals surface area contributed by atoms with Crippen molar-refractivity contribution < 1.29 is 23.9 Å². The van der Waals surface area contributed by atoms with Crippen molar-refractivity contribution in [2.45, 2.75) is 91.5 Å². The molecule has 0 aliphatic carbocycles. The Morgan fingerprint density at radius 3 is 2.17 bits per heavy atom. The summed E-state index contributed by atoms with van der Waals surface area (Å²) >= 11 is 0. The van der Waals surface area contributed by atoms with Crippen LogP contribution in [0.25, 0.3) is 0 Å². The molecule has 9 heteroatoms. The van der Waals surface area contributed by atoms with Crippen molar-refractivity contribution in [3.63, 3.8) is 0 Å². The molecule has 0 aromatic heterocycles. The summed E-state index contributed by atoms with van der Waals surface area (Å²) in [5.74, 6) is -1.42. The van der Waals surface area contributed by atoms with E-state index in [2.05, 4.69) is 10.6 Å². The molecular weight excluding hydrogens is 388 g/mol.